The molecular formula is C69H64BN3. The van der Waals surface area contributed by atoms with Gasteiger partial charge >= 0.3 is 0 Å². The Bertz CT molecular complexity index is 3570. The summed E-state index contributed by atoms with van der Waals surface area (Å²) in [6.07, 6.45) is 4.56. The predicted octanol–water partition coefficient (Wildman–Crippen LogP) is 16.5. The van der Waals surface area contributed by atoms with Crippen molar-refractivity contribution in [3.8, 4) is 22.3 Å². The first-order chi connectivity index (χ1) is 35.3. The second-order valence-electron chi connectivity index (χ2n) is 23.5. The monoisotopic (exact) mass is 946 g/mol. The highest BCUT2D eigenvalue weighted by Gasteiger charge is 2.61. The van der Waals surface area contributed by atoms with Crippen molar-refractivity contribution in [2.24, 2.45) is 0 Å². The lowest BCUT2D eigenvalue weighted by Gasteiger charge is -2.53. The van der Waals surface area contributed by atoms with E-state index in [4.69, 9.17) is 0 Å². The lowest BCUT2D eigenvalue weighted by molar-refractivity contribution is 0.215. The highest BCUT2D eigenvalue weighted by Crippen LogP contribution is 2.64. The number of nitrogens with zero attached hydrogens (tertiary/aromatic N) is 3. The Morgan fingerprint density at radius 3 is 1.64 bits per heavy atom. The Morgan fingerprint density at radius 2 is 0.973 bits per heavy atom. The second kappa shape index (κ2) is 16.8. The number of hydrogen-bond donors (Lipinski definition) is 0. The number of hydrogen-bond acceptors (Lipinski definition) is 3. The SMILES string of the molecule is CC(C)(C)c1ccc(N2c3ccc(C(C)(C)C)cc3B3c4ccc(-c5ccccc5)cc4N(c4cccc(-c5ccccc5)c4)c4cc(N5c6ccccc6C6(c7ccccc7)CCCCC56C)cc2c43)cc1. The van der Waals surface area contributed by atoms with Gasteiger partial charge in [0.1, 0.15) is 0 Å². The molecule has 2 atom stereocenters. The fourth-order valence-electron chi connectivity index (χ4n) is 13.6. The van der Waals surface area contributed by atoms with Crippen molar-refractivity contribution >= 4 is 68.6 Å². The largest absolute Gasteiger partial charge is 0.334 e. The van der Waals surface area contributed by atoms with Crippen LogP contribution in [0.25, 0.3) is 22.3 Å². The van der Waals surface area contributed by atoms with Gasteiger partial charge in [-0.1, -0.05) is 212 Å². The van der Waals surface area contributed by atoms with Crippen LogP contribution >= 0.6 is 0 Å². The van der Waals surface area contributed by atoms with Crippen LogP contribution in [0.4, 0.5) is 45.5 Å². The highest BCUT2D eigenvalue weighted by molar-refractivity contribution is 7.00. The molecule has 0 saturated heterocycles. The third-order valence-corrected chi connectivity index (χ3v) is 17.2. The third kappa shape index (κ3) is 7.00. The molecule has 9 aromatic rings. The van der Waals surface area contributed by atoms with Crippen LogP contribution in [-0.4, -0.2) is 12.3 Å². The van der Waals surface area contributed by atoms with E-state index in [1.807, 2.05) is 0 Å². The normalized spacial score (nSPS) is 18.7. The maximum atomic E-state index is 2.80. The Kier molecular flexibility index (Phi) is 10.4. The number of para-hydroxylation sites is 1. The van der Waals surface area contributed by atoms with Gasteiger partial charge in [-0.2, -0.15) is 0 Å². The van der Waals surface area contributed by atoms with Crippen molar-refractivity contribution in [3.63, 3.8) is 0 Å². The summed E-state index contributed by atoms with van der Waals surface area (Å²) in [6, 6.07) is 81.3. The van der Waals surface area contributed by atoms with Crippen molar-refractivity contribution in [2.45, 2.75) is 95.9 Å². The molecule has 358 valence electrons. The van der Waals surface area contributed by atoms with E-state index >= 15 is 0 Å². The Morgan fingerprint density at radius 1 is 0.397 bits per heavy atom. The zero-order valence-corrected chi connectivity index (χ0v) is 43.5. The molecular weight excluding hydrogens is 882 g/mol. The van der Waals surface area contributed by atoms with Crippen LogP contribution in [0.2, 0.25) is 0 Å². The maximum absolute atomic E-state index is 2.80. The Hall–Kier alpha value is -7.56. The van der Waals surface area contributed by atoms with Crippen molar-refractivity contribution in [2.75, 3.05) is 14.7 Å². The Labute approximate surface area is 433 Å². The third-order valence-electron chi connectivity index (χ3n) is 17.2. The predicted molar refractivity (Wildman–Crippen MR) is 311 cm³/mol. The molecule has 0 N–H and O–H groups in total. The molecule has 0 aromatic heterocycles. The van der Waals surface area contributed by atoms with Crippen molar-refractivity contribution in [1.29, 1.82) is 0 Å². The topological polar surface area (TPSA) is 9.72 Å². The molecule has 3 nitrogen and oxygen atoms in total. The molecule has 0 radical (unpaired) electrons. The van der Waals surface area contributed by atoms with E-state index in [9.17, 15) is 0 Å². The maximum Gasteiger partial charge on any atom is 0.252 e. The summed E-state index contributed by atoms with van der Waals surface area (Å²) >= 11 is 0. The second-order valence-corrected chi connectivity index (χ2v) is 23.5. The Balaban J connectivity index is 1.15. The lowest BCUT2D eigenvalue weighted by Crippen LogP contribution is -2.61. The number of benzene rings is 9. The quantitative estimate of drug-likeness (QED) is 0.154. The summed E-state index contributed by atoms with van der Waals surface area (Å²) < 4.78 is 0. The molecule has 0 spiro atoms. The van der Waals surface area contributed by atoms with Gasteiger partial charge in [0.05, 0.1) is 5.54 Å². The number of fused-ring (bicyclic) bond motifs is 7. The van der Waals surface area contributed by atoms with Crippen molar-refractivity contribution in [3.05, 3.63) is 235 Å². The smallest absolute Gasteiger partial charge is 0.252 e. The van der Waals surface area contributed by atoms with Crippen molar-refractivity contribution < 1.29 is 0 Å². The number of rotatable bonds is 6. The van der Waals surface area contributed by atoms with Gasteiger partial charge in [0.2, 0.25) is 0 Å². The van der Waals surface area contributed by atoms with E-state index in [1.165, 1.54) is 114 Å². The van der Waals surface area contributed by atoms with Gasteiger partial charge in [-0.05, 0) is 146 Å². The molecule has 1 aliphatic carbocycles. The summed E-state index contributed by atoms with van der Waals surface area (Å²) in [5.74, 6) is 0. The molecule has 2 unspecified atom stereocenters. The van der Waals surface area contributed by atoms with Gasteiger partial charge in [0, 0.05) is 50.9 Å². The van der Waals surface area contributed by atoms with E-state index in [0.29, 0.717) is 0 Å². The molecule has 4 heteroatoms. The zero-order valence-electron chi connectivity index (χ0n) is 43.5. The molecule has 73 heavy (non-hydrogen) atoms. The van der Waals surface area contributed by atoms with Gasteiger partial charge < -0.3 is 14.7 Å². The molecule has 1 fully saturated rings. The first-order valence-electron chi connectivity index (χ1n) is 26.7. The molecule has 13 rings (SSSR count). The standard InChI is InChI=1S/C69H64BN3/c1-66(2,3)51-33-36-54(37-34-51)71-61-39-35-53(67(4,5)6)44-59(61)70-58-38-32-50(48-24-13-9-14-25-48)43-62(58)72(55-29-21-26-49(42-55)47-22-11-8-12-23-47)64-46-56(45-63(71)65(64)70)73-60-31-18-17-30-57(60)69(52-27-15-10-16-28-52)41-20-19-40-68(69,73)7/h8-18,21-39,42-46H,19-20,40-41H2,1-7H3. The minimum atomic E-state index is -0.255. The molecule has 4 aliphatic rings. The van der Waals surface area contributed by atoms with E-state index < -0.39 is 0 Å². The molecule has 0 bridgehead atoms. The van der Waals surface area contributed by atoms with Crippen LogP contribution in [0.3, 0.4) is 0 Å². The van der Waals surface area contributed by atoms with Gasteiger partial charge in [-0.3, -0.25) is 0 Å². The number of anilines is 8. The average Bonchev–Trinajstić information content (AvgIpc) is 3.66. The van der Waals surface area contributed by atoms with Gasteiger partial charge in [0.25, 0.3) is 6.71 Å². The van der Waals surface area contributed by atoms with Crippen LogP contribution in [0.5, 0.6) is 0 Å². The fraction of sp³-hybridized carbons (Fsp3) is 0.217. The fourth-order valence-corrected chi connectivity index (χ4v) is 13.6. The molecule has 3 heterocycles. The van der Waals surface area contributed by atoms with E-state index in [-0.39, 0.29) is 28.5 Å². The van der Waals surface area contributed by atoms with E-state index in [1.54, 1.807) is 0 Å². The van der Waals surface area contributed by atoms with Gasteiger partial charge in [-0.15, -0.1) is 0 Å². The summed E-state index contributed by atoms with van der Waals surface area (Å²) in [6.45, 7) is 16.5. The molecule has 1 saturated carbocycles. The van der Waals surface area contributed by atoms with Crippen molar-refractivity contribution in [1.82, 2.24) is 0 Å². The minimum absolute atomic E-state index is 0.0189. The summed E-state index contributed by atoms with van der Waals surface area (Å²) in [4.78, 5) is 8.04. The first-order valence-corrected chi connectivity index (χ1v) is 26.7. The summed E-state index contributed by atoms with van der Waals surface area (Å²) in [5, 5.41) is 0. The molecule has 9 aromatic carbocycles. The van der Waals surface area contributed by atoms with Crippen LogP contribution in [0.1, 0.15) is 96.4 Å². The van der Waals surface area contributed by atoms with Crippen LogP contribution in [0, 0.1) is 0 Å². The summed E-state index contributed by atoms with van der Waals surface area (Å²) in [7, 11) is 0. The highest BCUT2D eigenvalue weighted by atomic mass is 15.3. The van der Waals surface area contributed by atoms with E-state index in [2.05, 4.69) is 275 Å². The average molecular weight is 946 g/mol. The first kappa shape index (κ1) is 45.3. The van der Waals surface area contributed by atoms with Crippen LogP contribution in [0.15, 0.2) is 212 Å². The van der Waals surface area contributed by atoms with Gasteiger partial charge in [-0.25, -0.2) is 0 Å². The molecule has 3 aliphatic heterocycles. The van der Waals surface area contributed by atoms with E-state index in [0.717, 1.165) is 18.5 Å². The zero-order chi connectivity index (χ0) is 49.9. The summed E-state index contributed by atoms with van der Waals surface area (Å²) in [5.41, 5.74) is 23.6. The van der Waals surface area contributed by atoms with Crippen LogP contribution in [-0.2, 0) is 16.2 Å². The minimum Gasteiger partial charge on any atom is -0.334 e. The molecule has 0 amide bonds. The lowest BCUT2D eigenvalue weighted by atomic mass is 9.33. The van der Waals surface area contributed by atoms with Crippen LogP contribution < -0.4 is 31.1 Å². The van der Waals surface area contributed by atoms with Gasteiger partial charge in [0.15, 0.2) is 0 Å².